The maximum atomic E-state index is 5.75. The number of imidazole rings is 1. The van der Waals surface area contributed by atoms with Gasteiger partial charge in [0.05, 0.1) is 30.9 Å². The Labute approximate surface area is 207 Å². The molecule has 182 valence electrons. The number of anilines is 1. The molecule has 0 aliphatic carbocycles. The molecule has 0 bridgehead atoms. The number of methoxy groups -OCH3 is 1. The Morgan fingerprint density at radius 2 is 1.97 bits per heavy atom. The number of aryl methyl sites for hydroxylation is 1. The van der Waals surface area contributed by atoms with Crippen LogP contribution >= 0.6 is 0 Å². The molecule has 0 spiro atoms. The van der Waals surface area contributed by atoms with Crippen LogP contribution < -0.4 is 15.5 Å². The number of allylic oxidation sites excluding steroid dienone is 1. The lowest BCUT2D eigenvalue weighted by atomic mass is 9.96. The summed E-state index contributed by atoms with van der Waals surface area (Å²) in [5.74, 6) is 6.56. The summed E-state index contributed by atoms with van der Waals surface area (Å²) in [5.41, 5.74) is 6.49. The van der Waals surface area contributed by atoms with Crippen LogP contribution in [0.25, 0.3) is 11.8 Å². The number of aromatic nitrogens is 2. The average Bonchev–Trinajstić information content (AvgIpc) is 3.52. The zero-order valence-electron chi connectivity index (χ0n) is 20.4. The minimum atomic E-state index is -0.0793. The number of rotatable bonds is 6. The number of benzene rings is 2. The van der Waals surface area contributed by atoms with Gasteiger partial charge in [0.15, 0.2) is 0 Å². The summed E-state index contributed by atoms with van der Waals surface area (Å²) in [4.78, 5) is 14.5. The largest absolute Gasteiger partial charge is 0.495 e. The van der Waals surface area contributed by atoms with Crippen molar-refractivity contribution in [2.45, 2.75) is 31.9 Å². The van der Waals surface area contributed by atoms with Crippen LogP contribution in [0.3, 0.4) is 0 Å². The quantitative estimate of drug-likeness (QED) is 0.540. The molecule has 2 fully saturated rings. The minimum Gasteiger partial charge on any atom is -0.495 e. The summed E-state index contributed by atoms with van der Waals surface area (Å²) in [5, 5.41) is 0. The van der Waals surface area contributed by atoms with Gasteiger partial charge in [0, 0.05) is 37.2 Å². The molecule has 3 heterocycles. The van der Waals surface area contributed by atoms with Crippen LogP contribution in [0.15, 0.2) is 78.9 Å². The molecule has 2 saturated heterocycles. The summed E-state index contributed by atoms with van der Waals surface area (Å²) >= 11 is 0. The van der Waals surface area contributed by atoms with E-state index in [1.54, 1.807) is 7.11 Å². The zero-order valence-corrected chi connectivity index (χ0v) is 20.4. The maximum Gasteiger partial charge on any atom is 0.143 e. The first-order valence-corrected chi connectivity index (χ1v) is 12.1. The molecule has 7 nitrogen and oxygen atoms in total. The fourth-order valence-corrected chi connectivity index (χ4v) is 5.22. The Morgan fingerprint density at radius 1 is 1.14 bits per heavy atom. The zero-order chi connectivity index (χ0) is 24.4. The number of likely N-dealkylation sites (tertiary alicyclic amines) is 1. The highest BCUT2D eigenvalue weighted by molar-refractivity contribution is 5.63. The number of para-hydroxylation sites is 1. The van der Waals surface area contributed by atoms with E-state index in [1.165, 1.54) is 11.3 Å². The van der Waals surface area contributed by atoms with Crippen molar-refractivity contribution in [1.82, 2.24) is 14.5 Å². The topological polar surface area (TPSA) is 68.8 Å². The number of nitrogens with two attached hydrogens (primary N) is 1. The second kappa shape index (κ2) is 9.98. The van der Waals surface area contributed by atoms with Crippen LogP contribution in [0.4, 0.5) is 5.69 Å². The van der Waals surface area contributed by atoms with Crippen molar-refractivity contribution in [3.8, 4) is 11.4 Å². The number of hydrogen-bond acceptors (Lipinski definition) is 6. The van der Waals surface area contributed by atoms with Gasteiger partial charge in [-0.25, -0.2) is 10.9 Å². The van der Waals surface area contributed by atoms with Crippen LogP contribution in [-0.2, 0) is 4.84 Å². The fraction of sp³-hybridized carbons (Fsp3) is 0.321. The van der Waals surface area contributed by atoms with E-state index < -0.39 is 0 Å². The Hall–Kier alpha value is -3.55. The van der Waals surface area contributed by atoms with Gasteiger partial charge < -0.3 is 19.1 Å². The van der Waals surface area contributed by atoms with Crippen molar-refractivity contribution in [3.63, 3.8) is 0 Å². The fourth-order valence-electron chi connectivity index (χ4n) is 5.22. The summed E-state index contributed by atoms with van der Waals surface area (Å²) in [7, 11) is 1.70. The lowest BCUT2D eigenvalue weighted by Gasteiger charge is -2.39. The second-order valence-corrected chi connectivity index (χ2v) is 9.25. The number of hydrogen-bond donors (Lipinski definition) is 1. The molecule has 1 aromatic heterocycles. The van der Waals surface area contributed by atoms with E-state index in [0.717, 1.165) is 60.9 Å². The average molecular weight is 472 g/mol. The Kier molecular flexibility index (Phi) is 6.61. The monoisotopic (exact) mass is 471 g/mol. The molecule has 2 N–H and O–H groups in total. The van der Waals surface area contributed by atoms with Gasteiger partial charge in [-0.15, -0.1) is 0 Å². The molecule has 0 saturated carbocycles. The maximum absolute atomic E-state index is 5.75. The SMILES string of the molecule is C=C1/C(=C/c2ccc(-n3cnc(C)c3)c(OC)c2)CCCN1C1CN(c2ccccc2)CC1ON. The highest BCUT2D eigenvalue weighted by atomic mass is 16.6. The van der Waals surface area contributed by atoms with Gasteiger partial charge in [0.1, 0.15) is 11.9 Å². The normalized spacial score (nSPS) is 21.7. The first-order chi connectivity index (χ1) is 17.1. The van der Waals surface area contributed by atoms with E-state index in [9.17, 15) is 0 Å². The molecule has 3 aromatic rings. The summed E-state index contributed by atoms with van der Waals surface area (Å²) in [6, 6.07) is 16.8. The molecule has 5 rings (SSSR count). The molecule has 0 amide bonds. The standard InChI is InChI=1S/C28H33N5O2/c1-20-16-32(19-30-20)25-12-11-22(15-27(25)34-3)14-23-8-7-13-33(21(23)2)26-17-31(18-28(26)35-29)24-9-5-4-6-10-24/h4-6,9-12,14-16,19,26,28H,2,7-8,13,17-18,29H2,1,3H3/b23-14+. The summed E-state index contributed by atoms with van der Waals surface area (Å²) in [6.45, 7) is 9.04. The van der Waals surface area contributed by atoms with E-state index in [2.05, 4.69) is 69.9 Å². The van der Waals surface area contributed by atoms with Crippen molar-refractivity contribution in [2.75, 3.05) is 31.6 Å². The van der Waals surface area contributed by atoms with Gasteiger partial charge in [0.25, 0.3) is 0 Å². The van der Waals surface area contributed by atoms with Gasteiger partial charge in [-0.1, -0.05) is 30.8 Å². The molecule has 2 unspecified atom stereocenters. The number of nitrogens with zero attached hydrogens (tertiary/aromatic N) is 4. The van der Waals surface area contributed by atoms with Gasteiger partial charge in [-0.2, -0.15) is 0 Å². The third-order valence-electron chi connectivity index (χ3n) is 7.03. The van der Waals surface area contributed by atoms with Crippen LogP contribution in [0.1, 0.15) is 24.1 Å². The molecule has 2 aliphatic heterocycles. The van der Waals surface area contributed by atoms with Crippen LogP contribution in [0, 0.1) is 6.92 Å². The molecular weight excluding hydrogens is 438 g/mol. The van der Waals surface area contributed by atoms with Crippen molar-refractivity contribution >= 4 is 11.8 Å². The lowest BCUT2D eigenvalue weighted by Crippen LogP contribution is -2.46. The predicted molar refractivity (Wildman–Crippen MR) is 139 cm³/mol. The van der Waals surface area contributed by atoms with E-state index in [1.807, 2.05) is 30.1 Å². The molecular formula is C28H33N5O2. The van der Waals surface area contributed by atoms with E-state index in [4.69, 9.17) is 15.5 Å². The van der Waals surface area contributed by atoms with E-state index in [-0.39, 0.29) is 12.1 Å². The second-order valence-electron chi connectivity index (χ2n) is 9.25. The smallest absolute Gasteiger partial charge is 0.143 e. The van der Waals surface area contributed by atoms with E-state index >= 15 is 0 Å². The van der Waals surface area contributed by atoms with Crippen LogP contribution in [0.2, 0.25) is 0 Å². The minimum absolute atomic E-state index is 0.0793. The molecule has 2 aromatic carbocycles. The third-order valence-corrected chi connectivity index (χ3v) is 7.03. The van der Waals surface area contributed by atoms with Gasteiger partial charge in [-0.05, 0) is 61.2 Å². The van der Waals surface area contributed by atoms with Crippen molar-refractivity contribution in [1.29, 1.82) is 0 Å². The number of ether oxygens (including phenoxy) is 1. The van der Waals surface area contributed by atoms with Crippen molar-refractivity contribution < 1.29 is 9.57 Å². The van der Waals surface area contributed by atoms with Crippen molar-refractivity contribution in [3.05, 3.63) is 90.2 Å². The highest BCUT2D eigenvalue weighted by Gasteiger charge is 2.39. The third kappa shape index (κ3) is 4.70. The highest BCUT2D eigenvalue weighted by Crippen LogP contribution is 2.34. The van der Waals surface area contributed by atoms with Crippen LogP contribution in [-0.4, -0.2) is 53.3 Å². The van der Waals surface area contributed by atoms with Crippen LogP contribution in [0.5, 0.6) is 5.75 Å². The molecule has 35 heavy (non-hydrogen) atoms. The Balaban J connectivity index is 1.37. The number of piperidine rings is 1. The molecule has 2 aliphatic rings. The van der Waals surface area contributed by atoms with Gasteiger partial charge in [0.2, 0.25) is 0 Å². The molecule has 0 radical (unpaired) electrons. The van der Waals surface area contributed by atoms with Crippen molar-refractivity contribution in [2.24, 2.45) is 5.90 Å². The first kappa shape index (κ1) is 23.2. The Bertz CT molecular complexity index is 1220. The lowest BCUT2D eigenvalue weighted by molar-refractivity contribution is 0.0192. The Morgan fingerprint density at radius 3 is 2.69 bits per heavy atom. The van der Waals surface area contributed by atoms with Gasteiger partial charge in [-0.3, -0.25) is 4.84 Å². The summed E-state index contributed by atoms with van der Waals surface area (Å²) in [6.07, 6.45) is 8.00. The van der Waals surface area contributed by atoms with E-state index in [0.29, 0.717) is 0 Å². The molecule has 2 atom stereocenters. The van der Waals surface area contributed by atoms with Gasteiger partial charge >= 0.3 is 0 Å². The summed E-state index contributed by atoms with van der Waals surface area (Å²) < 4.78 is 7.69. The molecule has 7 heteroatoms. The first-order valence-electron chi connectivity index (χ1n) is 12.1. The predicted octanol–water partition coefficient (Wildman–Crippen LogP) is 4.33.